The van der Waals surface area contributed by atoms with Gasteiger partial charge in [0.2, 0.25) is 0 Å². The second kappa shape index (κ2) is 6.15. The third-order valence-electron chi connectivity index (χ3n) is 1.57. The molecule has 0 heterocycles. The van der Waals surface area contributed by atoms with Gasteiger partial charge < -0.3 is 15.3 Å². The zero-order chi connectivity index (χ0) is 8.69. The van der Waals surface area contributed by atoms with Gasteiger partial charge in [0.1, 0.15) is 0 Å². The first-order valence-corrected chi connectivity index (χ1v) is 3.51. The number of rotatable bonds is 6. The first-order chi connectivity index (χ1) is 5.26. The highest BCUT2D eigenvalue weighted by Gasteiger charge is 2.09. The van der Waals surface area contributed by atoms with Crippen molar-refractivity contribution in [2.45, 2.75) is 6.42 Å². The minimum atomic E-state index is -0.0139. The monoisotopic (exact) mass is 160 g/mol. The molecule has 0 aromatic carbocycles. The summed E-state index contributed by atoms with van der Waals surface area (Å²) in [5.41, 5.74) is 3.06. The Balaban J connectivity index is 3.65. The first-order valence-electron chi connectivity index (χ1n) is 3.51. The molecule has 1 atom stereocenters. The van der Waals surface area contributed by atoms with Crippen LogP contribution in [0.1, 0.15) is 6.42 Å². The third kappa shape index (κ3) is 3.98. The maximum Gasteiger partial charge on any atom is 0.0515 e. The van der Waals surface area contributed by atoms with E-state index in [0.29, 0.717) is 12.3 Å². The normalized spacial score (nSPS) is 12.6. The second-order valence-corrected chi connectivity index (χ2v) is 2.33. The molecule has 66 valence electrons. The quantitative estimate of drug-likeness (QED) is 0.365. The molecule has 11 heavy (non-hydrogen) atoms. The van der Waals surface area contributed by atoms with E-state index in [1.807, 2.05) is 0 Å². The van der Waals surface area contributed by atoms with Crippen molar-refractivity contribution in [2.75, 3.05) is 20.3 Å². The van der Waals surface area contributed by atoms with Crippen LogP contribution in [-0.2, 0) is 4.74 Å². The topological polar surface area (TPSA) is 67.5 Å². The molecular weight excluding hydrogens is 144 g/mol. The predicted octanol–water partition coefficient (Wildman–Crippen LogP) is -0.392. The van der Waals surface area contributed by atoms with E-state index in [0.717, 1.165) is 6.42 Å². The van der Waals surface area contributed by atoms with Crippen molar-refractivity contribution in [3.8, 4) is 0 Å². The van der Waals surface area contributed by atoms with Crippen molar-refractivity contribution in [1.82, 2.24) is 5.43 Å². The highest BCUT2D eigenvalue weighted by Crippen LogP contribution is 2.08. The van der Waals surface area contributed by atoms with E-state index in [-0.39, 0.29) is 12.5 Å². The molecule has 4 heteroatoms. The Morgan fingerprint density at radius 2 is 2.45 bits per heavy atom. The lowest BCUT2D eigenvalue weighted by Gasteiger charge is -2.15. The fraction of sp³-hybridized carbons (Fsp3) is 0.714. The lowest BCUT2D eigenvalue weighted by atomic mass is 10.0. The Hall–Kier alpha value is -0.580. The standard InChI is InChI=1S/C7H16N2O2/c1-6(9-8)7(5-10)3-4-11-2/h7,9-10H,1,3-5,8H2,2H3. The molecule has 0 radical (unpaired) electrons. The first kappa shape index (κ1) is 10.4. The van der Waals surface area contributed by atoms with Crippen LogP contribution in [0, 0.1) is 5.92 Å². The van der Waals surface area contributed by atoms with Crippen molar-refractivity contribution in [3.63, 3.8) is 0 Å². The van der Waals surface area contributed by atoms with Crippen LogP contribution >= 0.6 is 0 Å². The largest absolute Gasteiger partial charge is 0.396 e. The molecule has 4 N–H and O–H groups in total. The maximum absolute atomic E-state index is 8.84. The van der Waals surface area contributed by atoms with Crippen molar-refractivity contribution < 1.29 is 9.84 Å². The van der Waals surface area contributed by atoms with Crippen LogP contribution in [0.25, 0.3) is 0 Å². The molecular formula is C7H16N2O2. The van der Waals surface area contributed by atoms with Crippen LogP contribution in [0.5, 0.6) is 0 Å². The fourth-order valence-corrected chi connectivity index (χ4v) is 0.754. The molecule has 0 aliphatic carbocycles. The van der Waals surface area contributed by atoms with E-state index in [2.05, 4.69) is 12.0 Å². The molecule has 0 spiro atoms. The zero-order valence-electron chi connectivity index (χ0n) is 6.84. The van der Waals surface area contributed by atoms with Gasteiger partial charge in [-0.05, 0) is 6.42 Å². The van der Waals surface area contributed by atoms with E-state index < -0.39 is 0 Å². The van der Waals surface area contributed by atoms with E-state index in [1.54, 1.807) is 7.11 Å². The van der Waals surface area contributed by atoms with E-state index >= 15 is 0 Å². The number of nitrogens with one attached hydrogen (secondary N) is 1. The molecule has 0 aliphatic rings. The lowest BCUT2D eigenvalue weighted by molar-refractivity contribution is 0.157. The number of nitrogens with two attached hydrogens (primary N) is 1. The summed E-state index contributed by atoms with van der Waals surface area (Å²) in [6.07, 6.45) is 0.732. The van der Waals surface area contributed by atoms with E-state index in [9.17, 15) is 0 Å². The van der Waals surface area contributed by atoms with Crippen molar-refractivity contribution in [3.05, 3.63) is 12.3 Å². The smallest absolute Gasteiger partial charge is 0.0515 e. The summed E-state index contributed by atoms with van der Waals surface area (Å²) in [5.74, 6) is 5.10. The summed E-state index contributed by atoms with van der Waals surface area (Å²) in [4.78, 5) is 0. The summed E-state index contributed by atoms with van der Waals surface area (Å²) >= 11 is 0. The number of hydrazine groups is 1. The number of hydrogen-bond donors (Lipinski definition) is 3. The summed E-state index contributed by atoms with van der Waals surface area (Å²) in [5, 5.41) is 8.84. The average molecular weight is 160 g/mol. The summed E-state index contributed by atoms with van der Waals surface area (Å²) in [7, 11) is 1.62. The number of methoxy groups -OCH3 is 1. The van der Waals surface area contributed by atoms with Crippen LogP contribution in [0.15, 0.2) is 12.3 Å². The van der Waals surface area contributed by atoms with Crippen LogP contribution in [0.4, 0.5) is 0 Å². The van der Waals surface area contributed by atoms with Crippen LogP contribution in [-0.4, -0.2) is 25.4 Å². The molecule has 1 unspecified atom stereocenters. The molecule has 0 fully saturated rings. The summed E-state index contributed by atoms with van der Waals surface area (Å²) in [6, 6.07) is 0. The van der Waals surface area contributed by atoms with Gasteiger partial charge in [0.25, 0.3) is 0 Å². The van der Waals surface area contributed by atoms with E-state index in [1.165, 1.54) is 0 Å². The minimum absolute atomic E-state index is 0.0139. The molecule has 0 bridgehead atoms. The predicted molar refractivity (Wildman–Crippen MR) is 43.5 cm³/mol. The number of aliphatic hydroxyl groups excluding tert-OH is 1. The Morgan fingerprint density at radius 1 is 1.82 bits per heavy atom. The number of hydrogen-bond acceptors (Lipinski definition) is 4. The second-order valence-electron chi connectivity index (χ2n) is 2.33. The van der Waals surface area contributed by atoms with Gasteiger partial charge in [0.05, 0.1) is 6.61 Å². The Kier molecular flexibility index (Phi) is 5.83. The highest BCUT2D eigenvalue weighted by molar-refractivity contribution is 4.95. The number of ether oxygens (including phenoxy) is 1. The Bertz CT molecular complexity index is 117. The van der Waals surface area contributed by atoms with Gasteiger partial charge in [-0.25, -0.2) is 0 Å². The van der Waals surface area contributed by atoms with Gasteiger partial charge in [-0.15, -0.1) is 0 Å². The molecule has 0 aromatic heterocycles. The molecule has 0 saturated heterocycles. The molecule has 4 nitrogen and oxygen atoms in total. The van der Waals surface area contributed by atoms with Crippen molar-refractivity contribution >= 4 is 0 Å². The molecule has 0 aromatic rings. The highest BCUT2D eigenvalue weighted by atomic mass is 16.5. The molecule has 0 rings (SSSR count). The Morgan fingerprint density at radius 3 is 2.82 bits per heavy atom. The maximum atomic E-state index is 8.84. The van der Waals surface area contributed by atoms with Crippen molar-refractivity contribution in [2.24, 2.45) is 11.8 Å². The minimum Gasteiger partial charge on any atom is -0.396 e. The summed E-state index contributed by atoms with van der Waals surface area (Å²) in [6.45, 7) is 4.30. The SMILES string of the molecule is C=C(NN)C(CO)CCOC. The molecule has 0 aliphatic heterocycles. The lowest BCUT2D eigenvalue weighted by Crippen LogP contribution is -2.28. The van der Waals surface area contributed by atoms with Gasteiger partial charge in [-0.3, -0.25) is 5.84 Å². The van der Waals surface area contributed by atoms with Crippen LogP contribution < -0.4 is 11.3 Å². The fourth-order valence-electron chi connectivity index (χ4n) is 0.754. The molecule has 0 saturated carbocycles. The number of aliphatic hydroxyl groups is 1. The van der Waals surface area contributed by atoms with Gasteiger partial charge >= 0.3 is 0 Å². The third-order valence-corrected chi connectivity index (χ3v) is 1.57. The van der Waals surface area contributed by atoms with Gasteiger partial charge in [-0.2, -0.15) is 0 Å². The van der Waals surface area contributed by atoms with Gasteiger partial charge in [0, 0.05) is 25.3 Å². The molecule has 0 amide bonds. The van der Waals surface area contributed by atoms with E-state index in [4.69, 9.17) is 15.7 Å². The van der Waals surface area contributed by atoms with Crippen LogP contribution in [0.2, 0.25) is 0 Å². The van der Waals surface area contributed by atoms with Crippen LogP contribution in [0.3, 0.4) is 0 Å². The summed E-state index contributed by atoms with van der Waals surface area (Å²) < 4.78 is 4.85. The van der Waals surface area contributed by atoms with Gasteiger partial charge in [-0.1, -0.05) is 6.58 Å². The van der Waals surface area contributed by atoms with Gasteiger partial charge in [0.15, 0.2) is 0 Å². The zero-order valence-corrected chi connectivity index (χ0v) is 6.84. The average Bonchev–Trinajstić information content (AvgIpc) is 2.05. The van der Waals surface area contributed by atoms with Crippen molar-refractivity contribution in [1.29, 1.82) is 0 Å². The Labute approximate surface area is 67.0 Å².